The Morgan fingerprint density at radius 3 is 2.83 bits per heavy atom. The highest BCUT2D eigenvalue weighted by molar-refractivity contribution is 6.30. The minimum atomic E-state index is 0.00250. The van der Waals surface area contributed by atoms with Crippen molar-refractivity contribution >= 4 is 17.5 Å². The Hall–Kier alpha value is -1.06. The molecule has 1 aliphatic heterocycles. The first kappa shape index (κ1) is 13.4. The van der Waals surface area contributed by atoms with Crippen LogP contribution in [0.1, 0.15) is 28.8 Å². The Morgan fingerprint density at radius 2 is 2.17 bits per heavy atom. The first-order chi connectivity index (χ1) is 8.66. The molecule has 2 N–H and O–H groups in total. The van der Waals surface area contributed by atoms with E-state index in [2.05, 4.69) is 10.6 Å². The van der Waals surface area contributed by atoms with Gasteiger partial charge < -0.3 is 10.6 Å². The van der Waals surface area contributed by atoms with Crippen LogP contribution in [0.25, 0.3) is 0 Å². The summed E-state index contributed by atoms with van der Waals surface area (Å²) in [6, 6.07) is 5.37. The summed E-state index contributed by atoms with van der Waals surface area (Å²) in [6.45, 7) is 4.79. The third-order valence-electron chi connectivity index (χ3n) is 3.44. The van der Waals surface area contributed by atoms with E-state index in [0.29, 0.717) is 16.5 Å². The van der Waals surface area contributed by atoms with E-state index in [-0.39, 0.29) is 5.91 Å². The van der Waals surface area contributed by atoms with Crippen molar-refractivity contribution in [1.29, 1.82) is 0 Å². The van der Waals surface area contributed by atoms with Crippen LogP contribution in [0.4, 0.5) is 0 Å². The Kier molecular flexibility index (Phi) is 4.61. The highest BCUT2D eigenvalue weighted by Crippen LogP contribution is 2.15. The van der Waals surface area contributed by atoms with Crippen LogP contribution < -0.4 is 10.6 Å². The fourth-order valence-electron chi connectivity index (χ4n) is 2.30. The first-order valence-corrected chi connectivity index (χ1v) is 6.79. The van der Waals surface area contributed by atoms with E-state index < -0.39 is 0 Å². The molecule has 4 heteroatoms. The number of hydrogen-bond acceptors (Lipinski definition) is 2. The molecule has 0 aliphatic carbocycles. The van der Waals surface area contributed by atoms with Crippen LogP contribution in [-0.2, 0) is 0 Å². The Morgan fingerprint density at radius 1 is 1.44 bits per heavy atom. The van der Waals surface area contributed by atoms with Crippen LogP contribution >= 0.6 is 11.6 Å². The third kappa shape index (κ3) is 3.47. The number of piperidine rings is 1. The lowest BCUT2D eigenvalue weighted by Crippen LogP contribution is -2.36. The first-order valence-electron chi connectivity index (χ1n) is 6.42. The van der Waals surface area contributed by atoms with E-state index in [1.54, 1.807) is 12.1 Å². The Labute approximate surface area is 113 Å². The van der Waals surface area contributed by atoms with Crippen molar-refractivity contribution < 1.29 is 4.79 Å². The van der Waals surface area contributed by atoms with Gasteiger partial charge in [0.2, 0.25) is 0 Å². The van der Waals surface area contributed by atoms with Crippen molar-refractivity contribution in [2.45, 2.75) is 19.8 Å². The zero-order chi connectivity index (χ0) is 13.0. The zero-order valence-corrected chi connectivity index (χ0v) is 11.4. The fourth-order valence-corrected chi connectivity index (χ4v) is 2.53. The largest absolute Gasteiger partial charge is 0.352 e. The minimum absolute atomic E-state index is 0.00250. The molecule has 0 aromatic heterocycles. The van der Waals surface area contributed by atoms with Crippen molar-refractivity contribution in [3.63, 3.8) is 0 Å². The highest BCUT2D eigenvalue weighted by Gasteiger charge is 2.15. The molecule has 18 heavy (non-hydrogen) atoms. The van der Waals surface area contributed by atoms with Gasteiger partial charge >= 0.3 is 0 Å². The summed E-state index contributed by atoms with van der Waals surface area (Å²) in [7, 11) is 0. The molecular weight excluding hydrogens is 248 g/mol. The second kappa shape index (κ2) is 6.21. The SMILES string of the molecule is Cc1cc(Cl)ccc1C(=O)NCC1CCNCC1. The van der Waals surface area contributed by atoms with E-state index in [9.17, 15) is 4.79 Å². The predicted molar refractivity (Wildman–Crippen MR) is 74.1 cm³/mol. The summed E-state index contributed by atoms with van der Waals surface area (Å²) in [5.41, 5.74) is 1.64. The molecule has 0 radical (unpaired) electrons. The van der Waals surface area contributed by atoms with Crippen LogP contribution in [0.2, 0.25) is 5.02 Å². The molecule has 2 rings (SSSR count). The van der Waals surface area contributed by atoms with Crippen LogP contribution in [0.3, 0.4) is 0 Å². The number of rotatable bonds is 3. The van der Waals surface area contributed by atoms with E-state index in [1.807, 2.05) is 13.0 Å². The van der Waals surface area contributed by atoms with Crippen LogP contribution in [0, 0.1) is 12.8 Å². The quantitative estimate of drug-likeness (QED) is 0.882. The Bertz CT molecular complexity index is 428. The van der Waals surface area contributed by atoms with Crippen molar-refractivity contribution in [3.05, 3.63) is 34.3 Å². The lowest BCUT2D eigenvalue weighted by molar-refractivity contribution is 0.0943. The maximum absolute atomic E-state index is 12.0. The summed E-state index contributed by atoms with van der Waals surface area (Å²) in [5, 5.41) is 7.01. The molecule has 1 amide bonds. The number of carbonyl (C=O) groups excluding carboxylic acids is 1. The zero-order valence-electron chi connectivity index (χ0n) is 10.6. The molecule has 0 atom stereocenters. The molecule has 1 saturated heterocycles. The third-order valence-corrected chi connectivity index (χ3v) is 3.68. The van der Waals surface area contributed by atoms with Gasteiger partial charge in [-0.1, -0.05) is 11.6 Å². The average molecular weight is 267 g/mol. The van der Waals surface area contributed by atoms with E-state index in [0.717, 1.165) is 38.0 Å². The topological polar surface area (TPSA) is 41.1 Å². The maximum atomic E-state index is 12.0. The van der Waals surface area contributed by atoms with Gasteiger partial charge in [0.05, 0.1) is 0 Å². The predicted octanol–water partition coefficient (Wildman–Crippen LogP) is 2.38. The molecule has 0 bridgehead atoms. The number of amides is 1. The molecule has 0 saturated carbocycles. The monoisotopic (exact) mass is 266 g/mol. The van der Waals surface area contributed by atoms with Crippen molar-refractivity contribution in [3.8, 4) is 0 Å². The number of halogens is 1. The van der Waals surface area contributed by atoms with E-state index in [4.69, 9.17) is 11.6 Å². The summed E-state index contributed by atoms with van der Waals surface area (Å²) >= 11 is 5.88. The van der Waals surface area contributed by atoms with Crippen LogP contribution in [-0.4, -0.2) is 25.5 Å². The summed E-state index contributed by atoms with van der Waals surface area (Å²) in [5.74, 6) is 0.602. The summed E-state index contributed by atoms with van der Waals surface area (Å²) < 4.78 is 0. The number of aryl methyl sites for hydroxylation is 1. The van der Waals surface area contributed by atoms with Gasteiger partial charge in [0.1, 0.15) is 0 Å². The molecule has 1 aromatic rings. The van der Waals surface area contributed by atoms with Gasteiger partial charge in [0.25, 0.3) is 5.91 Å². The number of hydrogen-bond donors (Lipinski definition) is 2. The molecule has 1 heterocycles. The van der Waals surface area contributed by atoms with Gasteiger partial charge in [-0.05, 0) is 62.5 Å². The molecule has 1 aliphatic rings. The van der Waals surface area contributed by atoms with Gasteiger partial charge in [-0.3, -0.25) is 4.79 Å². The normalized spacial score (nSPS) is 16.6. The van der Waals surface area contributed by atoms with Crippen molar-refractivity contribution in [1.82, 2.24) is 10.6 Å². The molecule has 98 valence electrons. The van der Waals surface area contributed by atoms with Crippen molar-refractivity contribution in [2.75, 3.05) is 19.6 Å². The van der Waals surface area contributed by atoms with Crippen molar-refractivity contribution in [2.24, 2.45) is 5.92 Å². The summed E-state index contributed by atoms with van der Waals surface area (Å²) in [4.78, 5) is 12.0. The number of benzene rings is 1. The maximum Gasteiger partial charge on any atom is 0.251 e. The van der Waals surface area contributed by atoms with E-state index in [1.165, 1.54) is 0 Å². The van der Waals surface area contributed by atoms with Crippen LogP contribution in [0.15, 0.2) is 18.2 Å². The van der Waals surface area contributed by atoms with Gasteiger partial charge in [0, 0.05) is 17.1 Å². The second-order valence-electron chi connectivity index (χ2n) is 4.86. The second-order valence-corrected chi connectivity index (χ2v) is 5.30. The van der Waals surface area contributed by atoms with Gasteiger partial charge in [-0.25, -0.2) is 0 Å². The molecular formula is C14H19ClN2O. The van der Waals surface area contributed by atoms with Crippen LogP contribution in [0.5, 0.6) is 0 Å². The smallest absolute Gasteiger partial charge is 0.251 e. The number of nitrogens with one attached hydrogen (secondary N) is 2. The summed E-state index contributed by atoms with van der Waals surface area (Å²) in [6.07, 6.45) is 2.28. The lowest BCUT2D eigenvalue weighted by Gasteiger charge is -2.22. The fraction of sp³-hybridized carbons (Fsp3) is 0.500. The molecule has 3 nitrogen and oxygen atoms in total. The van der Waals surface area contributed by atoms with Gasteiger partial charge in [-0.2, -0.15) is 0 Å². The number of carbonyl (C=O) groups is 1. The Balaban J connectivity index is 1.90. The van der Waals surface area contributed by atoms with E-state index >= 15 is 0 Å². The molecule has 0 spiro atoms. The van der Waals surface area contributed by atoms with Gasteiger partial charge in [0.15, 0.2) is 0 Å². The van der Waals surface area contributed by atoms with Gasteiger partial charge in [-0.15, -0.1) is 0 Å². The molecule has 0 unspecified atom stereocenters. The lowest BCUT2D eigenvalue weighted by atomic mass is 9.98. The molecule has 1 aromatic carbocycles. The average Bonchev–Trinajstić information content (AvgIpc) is 2.37. The highest BCUT2D eigenvalue weighted by atomic mass is 35.5. The molecule has 1 fully saturated rings. The minimum Gasteiger partial charge on any atom is -0.352 e. The standard InChI is InChI=1S/C14H19ClN2O/c1-10-8-12(15)2-3-13(10)14(18)17-9-11-4-6-16-7-5-11/h2-3,8,11,16H,4-7,9H2,1H3,(H,17,18).